The lowest BCUT2D eigenvalue weighted by Gasteiger charge is -2.34. The Morgan fingerprint density at radius 1 is 1.35 bits per heavy atom. The van der Waals surface area contributed by atoms with Crippen molar-refractivity contribution in [2.45, 2.75) is 39.7 Å². The number of hydrogen-bond acceptors (Lipinski definition) is 3. The minimum absolute atomic E-state index is 0.303. The first-order valence-corrected chi connectivity index (χ1v) is 7.44. The normalized spacial score (nSPS) is 18.5. The molecule has 3 rings (SSSR count). The van der Waals surface area contributed by atoms with E-state index < -0.39 is 0 Å². The van der Waals surface area contributed by atoms with Crippen LogP contribution in [-0.2, 0) is 17.7 Å². The number of fused-ring (bicyclic) bond motifs is 1. The summed E-state index contributed by atoms with van der Waals surface area (Å²) >= 11 is 0. The van der Waals surface area contributed by atoms with E-state index in [1.54, 1.807) is 0 Å². The SMILES string of the molecule is CCc1nc2cc(N)ccc2n1CC1(C)CCOCC1. The van der Waals surface area contributed by atoms with Crippen molar-refractivity contribution in [1.82, 2.24) is 9.55 Å². The molecule has 0 atom stereocenters. The van der Waals surface area contributed by atoms with Gasteiger partial charge in [0, 0.05) is 31.9 Å². The molecule has 0 amide bonds. The van der Waals surface area contributed by atoms with Crippen molar-refractivity contribution in [2.24, 2.45) is 5.41 Å². The number of aromatic nitrogens is 2. The van der Waals surface area contributed by atoms with E-state index in [0.717, 1.165) is 56.0 Å². The van der Waals surface area contributed by atoms with Crippen molar-refractivity contribution in [3.05, 3.63) is 24.0 Å². The van der Waals surface area contributed by atoms with E-state index in [1.807, 2.05) is 12.1 Å². The molecule has 108 valence electrons. The molecule has 4 heteroatoms. The molecule has 1 aromatic carbocycles. The Balaban J connectivity index is 2.01. The average Bonchev–Trinajstić information content (AvgIpc) is 2.76. The van der Waals surface area contributed by atoms with Crippen molar-refractivity contribution >= 4 is 16.7 Å². The van der Waals surface area contributed by atoms with Crippen LogP contribution in [0.25, 0.3) is 11.0 Å². The zero-order valence-corrected chi connectivity index (χ0v) is 12.4. The van der Waals surface area contributed by atoms with Crippen LogP contribution < -0.4 is 5.73 Å². The maximum atomic E-state index is 5.87. The minimum atomic E-state index is 0.303. The van der Waals surface area contributed by atoms with Crippen LogP contribution in [0.5, 0.6) is 0 Å². The second-order valence-corrected chi connectivity index (χ2v) is 6.14. The molecule has 2 N–H and O–H groups in total. The Morgan fingerprint density at radius 2 is 2.10 bits per heavy atom. The highest BCUT2D eigenvalue weighted by atomic mass is 16.5. The van der Waals surface area contributed by atoms with Crippen LogP contribution in [0.15, 0.2) is 18.2 Å². The number of aryl methyl sites for hydroxylation is 1. The molecule has 0 aliphatic carbocycles. The molecule has 4 nitrogen and oxygen atoms in total. The molecule has 1 aromatic heterocycles. The van der Waals surface area contributed by atoms with Crippen molar-refractivity contribution in [1.29, 1.82) is 0 Å². The summed E-state index contributed by atoms with van der Waals surface area (Å²) in [7, 11) is 0. The lowest BCUT2D eigenvalue weighted by molar-refractivity contribution is 0.0157. The second kappa shape index (κ2) is 5.09. The molecule has 1 fully saturated rings. The van der Waals surface area contributed by atoms with Crippen LogP contribution >= 0.6 is 0 Å². The van der Waals surface area contributed by atoms with Crippen molar-refractivity contribution in [3.63, 3.8) is 0 Å². The van der Waals surface area contributed by atoms with E-state index in [0.29, 0.717) is 5.41 Å². The van der Waals surface area contributed by atoms with Crippen molar-refractivity contribution in [2.75, 3.05) is 18.9 Å². The molecule has 0 unspecified atom stereocenters. The van der Waals surface area contributed by atoms with Crippen LogP contribution in [0.2, 0.25) is 0 Å². The predicted octanol–water partition coefficient (Wildman–Crippen LogP) is 3.00. The van der Waals surface area contributed by atoms with Gasteiger partial charge in [-0.15, -0.1) is 0 Å². The van der Waals surface area contributed by atoms with E-state index in [1.165, 1.54) is 5.52 Å². The Hall–Kier alpha value is -1.55. The third-order valence-electron chi connectivity index (χ3n) is 4.41. The van der Waals surface area contributed by atoms with Gasteiger partial charge in [0.2, 0.25) is 0 Å². The van der Waals surface area contributed by atoms with Crippen molar-refractivity contribution < 1.29 is 4.74 Å². The highest BCUT2D eigenvalue weighted by molar-refractivity contribution is 5.79. The molecule has 1 aliphatic rings. The van der Waals surface area contributed by atoms with Crippen LogP contribution in [-0.4, -0.2) is 22.8 Å². The minimum Gasteiger partial charge on any atom is -0.399 e. The van der Waals surface area contributed by atoms with Crippen LogP contribution in [0, 0.1) is 5.41 Å². The highest BCUT2D eigenvalue weighted by Gasteiger charge is 2.29. The Bertz CT molecular complexity index is 611. The lowest BCUT2D eigenvalue weighted by atomic mass is 9.82. The van der Waals surface area contributed by atoms with Gasteiger partial charge >= 0.3 is 0 Å². The number of benzene rings is 1. The summed E-state index contributed by atoms with van der Waals surface area (Å²) in [5.74, 6) is 1.15. The summed E-state index contributed by atoms with van der Waals surface area (Å²) in [5, 5.41) is 0. The molecular formula is C16H23N3O. The number of nitrogen functional groups attached to an aromatic ring is 1. The van der Waals surface area contributed by atoms with Gasteiger partial charge in [-0.05, 0) is 36.5 Å². The zero-order chi connectivity index (χ0) is 14.2. The first kappa shape index (κ1) is 13.4. The fraction of sp³-hybridized carbons (Fsp3) is 0.562. The summed E-state index contributed by atoms with van der Waals surface area (Å²) in [5.41, 5.74) is 9.16. The monoisotopic (exact) mass is 273 g/mol. The molecule has 0 saturated carbocycles. The zero-order valence-electron chi connectivity index (χ0n) is 12.4. The Labute approximate surface area is 119 Å². The summed E-state index contributed by atoms with van der Waals surface area (Å²) < 4.78 is 7.88. The predicted molar refractivity (Wildman–Crippen MR) is 81.7 cm³/mol. The van der Waals surface area contributed by atoms with Crippen LogP contribution in [0.3, 0.4) is 0 Å². The van der Waals surface area contributed by atoms with Crippen molar-refractivity contribution in [3.8, 4) is 0 Å². The van der Waals surface area contributed by atoms with E-state index >= 15 is 0 Å². The van der Waals surface area contributed by atoms with Gasteiger partial charge in [-0.1, -0.05) is 13.8 Å². The summed E-state index contributed by atoms with van der Waals surface area (Å²) in [6, 6.07) is 6.03. The fourth-order valence-electron chi connectivity index (χ4n) is 3.05. The highest BCUT2D eigenvalue weighted by Crippen LogP contribution is 2.33. The summed E-state index contributed by atoms with van der Waals surface area (Å²) in [6.45, 7) is 7.28. The third-order valence-corrected chi connectivity index (χ3v) is 4.41. The number of anilines is 1. The number of imidazole rings is 1. The molecule has 2 heterocycles. The second-order valence-electron chi connectivity index (χ2n) is 6.14. The largest absolute Gasteiger partial charge is 0.399 e. The third kappa shape index (κ3) is 2.40. The van der Waals surface area contributed by atoms with Gasteiger partial charge in [0.1, 0.15) is 5.82 Å². The quantitative estimate of drug-likeness (QED) is 0.875. The Morgan fingerprint density at radius 3 is 2.80 bits per heavy atom. The summed E-state index contributed by atoms with van der Waals surface area (Å²) in [6.07, 6.45) is 3.18. The van der Waals surface area contributed by atoms with Gasteiger partial charge in [0.05, 0.1) is 11.0 Å². The molecule has 1 aliphatic heterocycles. The van der Waals surface area contributed by atoms with Crippen LogP contribution in [0.4, 0.5) is 5.69 Å². The van der Waals surface area contributed by atoms with E-state index in [9.17, 15) is 0 Å². The van der Waals surface area contributed by atoms with Gasteiger partial charge in [-0.2, -0.15) is 0 Å². The van der Waals surface area contributed by atoms with Gasteiger partial charge in [-0.3, -0.25) is 0 Å². The maximum absolute atomic E-state index is 5.87. The average molecular weight is 273 g/mol. The molecule has 0 spiro atoms. The Kier molecular flexibility index (Phi) is 3.42. The smallest absolute Gasteiger partial charge is 0.109 e. The van der Waals surface area contributed by atoms with Gasteiger partial charge in [0.15, 0.2) is 0 Å². The van der Waals surface area contributed by atoms with Gasteiger partial charge in [0.25, 0.3) is 0 Å². The fourth-order valence-corrected chi connectivity index (χ4v) is 3.05. The number of hydrogen-bond donors (Lipinski definition) is 1. The number of nitrogens with zero attached hydrogens (tertiary/aromatic N) is 2. The number of nitrogens with two attached hydrogens (primary N) is 1. The number of rotatable bonds is 3. The van der Waals surface area contributed by atoms with Gasteiger partial charge in [-0.25, -0.2) is 4.98 Å². The standard InChI is InChI=1S/C16H23N3O/c1-3-15-18-13-10-12(17)4-5-14(13)19(15)11-16(2)6-8-20-9-7-16/h4-5,10H,3,6-9,11,17H2,1-2H3. The molecule has 0 bridgehead atoms. The molecule has 2 aromatic rings. The first-order valence-electron chi connectivity index (χ1n) is 7.44. The number of ether oxygens (including phenoxy) is 1. The molecule has 0 radical (unpaired) electrons. The lowest BCUT2D eigenvalue weighted by Crippen LogP contribution is -2.31. The van der Waals surface area contributed by atoms with E-state index in [-0.39, 0.29) is 0 Å². The first-order chi connectivity index (χ1) is 9.61. The topological polar surface area (TPSA) is 53.1 Å². The summed E-state index contributed by atoms with van der Waals surface area (Å²) in [4.78, 5) is 4.74. The molecular weight excluding hydrogens is 250 g/mol. The van der Waals surface area contributed by atoms with E-state index in [2.05, 4.69) is 24.5 Å². The van der Waals surface area contributed by atoms with Crippen LogP contribution in [0.1, 0.15) is 32.5 Å². The maximum Gasteiger partial charge on any atom is 0.109 e. The van der Waals surface area contributed by atoms with E-state index in [4.69, 9.17) is 15.5 Å². The molecule has 1 saturated heterocycles. The van der Waals surface area contributed by atoms with Gasteiger partial charge < -0.3 is 15.0 Å². The molecule has 20 heavy (non-hydrogen) atoms.